The molecule has 0 spiro atoms. The van der Waals surface area contributed by atoms with Crippen molar-refractivity contribution < 1.29 is 37.2 Å². The van der Waals surface area contributed by atoms with E-state index in [9.17, 15) is 14.4 Å². The predicted octanol–water partition coefficient (Wildman–Crippen LogP) is 4.33. The number of rotatable bonds is 9. The second kappa shape index (κ2) is 13.1. The van der Waals surface area contributed by atoms with E-state index in [2.05, 4.69) is 0 Å². The molecule has 0 bridgehead atoms. The van der Waals surface area contributed by atoms with Crippen LogP contribution in [0, 0.1) is 16.2 Å². The van der Waals surface area contributed by atoms with Gasteiger partial charge in [-0.25, -0.2) is 0 Å². The summed E-state index contributed by atoms with van der Waals surface area (Å²) in [5.41, 5.74) is -1.80. The number of hydrogen-bond donors (Lipinski definition) is 0. The van der Waals surface area contributed by atoms with Crippen LogP contribution in [0.4, 0.5) is 0 Å². The zero-order valence-corrected chi connectivity index (χ0v) is 25.8. The molecule has 10 heteroatoms. The van der Waals surface area contributed by atoms with Crippen molar-refractivity contribution in [1.29, 1.82) is 0 Å². The molecule has 9 nitrogen and oxygen atoms in total. The Labute approximate surface area is 212 Å². The molecular weight excluding hydrogens is 547 g/mol. The molecule has 0 rings (SSSR count). The number of carbonyl (C=O) groups excluding carboxylic acids is 3. The molecule has 0 saturated carbocycles. The van der Waals surface area contributed by atoms with Crippen molar-refractivity contribution in [3.63, 3.8) is 0 Å². The Hall–Kier alpha value is -2.10. The summed E-state index contributed by atoms with van der Waals surface area (Å²) in [6, 6.07) is 0. The van der Waals surface area contributed by atoms with Gasteiger partial charge < -0.3 is 0 Å². The molecule has 0 N–H and O–H groups in total. The molecule has 0 atom stereocenters. The van der Waals surface area contributed by atoms with Crippen LogP contribution in [0.25, 0.3) is 0 Å². The van der Waals surface area contributed by atoms with Gasteiger partial charge in [0.05, 0.1) is 0 Å². The van der Waals surface area contributed by atoms with E-state index in [1.807, 2.05) is 62.3 Å². The van der Waals surface area contributed by atoms with E-state index >= 15 is 0 Å². The first-order valence-corrected chi connectivity index (χ1v) is 14.8. The molecule has 34 heavy (non-hydrogen) atoms. The van der Waals surface area contributed by atoms with E-state index in [4.69, 9.17) is 22.8 Å². The summed E-state index contributed by atoms with van der Waals surface area (Å²) < 4.78 is 32.9. The Morgan fingerprint density at radius 1 is 0.500 bits per heavy atom. The van der Waals surface area contributed by atoms with Crippen molar-refractivity contribution in [2.24, 2.45) is 16.2 Å². The van der Waals surface area contributed by atoms with Crippen LogP contribution in [0.2, 0.25) is 0 Å². The average molecular weight is 586 g/mol. The van der Waals surface area contributed by atoms with Crippen molar-refractivity contribution in [2.75, 3.05) is 21.3 Å². The van der Waals surface area contributed by atoms with Crippen molar-refractivity contribution in [1.82, 2.24) is 0 Å². The fraction of sp³-hybridized carbons (Fsp3) is 0.625. The van der Waals surface area contributed by atoms with Crippen molar-refractivity contribution in [2.45, 2.75) is 62.3 Å². The van der Waals surface area contributed by atoms with Crippen molar-refractivity contribution in [3.05, 3.63) is 35.5 Å². The van der Waals surface area contributed by atoms with Gasteiger partial charge in [0.25, 0.3) is 0 Å². The van der Waals surface area contributed by atoms with Gasteiger partial charge in [-0.05, 0) is 0 Å². The molecule has 0 saturated heterocycles. The van der Waals surface area contributed by atoms with E-state index in [0.29, 0.717) is 0 Å². The van der Waals surface area contributed by atoms with Crippen LogP contribution in [0.3, 0.4) is 0 Å². The predicted molar refractivity (Wildman–Crippen MR) is 128 cm³/mol. The summed E-state index contributed by atoms with van der Waals surface area (Å²) in [4.78, 5) is 36.0. The maximum absolute atomic E-state index is 12.0. The van der Waals surface area contributed by atoms with Crippen LogP contribution in [-0.4, -0.2) is 62.0 Å². The Balaban J connectivity index is 6.63. The van der Waals surface area contributed by atoms with Gasteiger partial charge in [-0.3, -0.25) is 0 Å². The molecule has 0 amide bonds. The summed E-state index contributed by atoms with van der Waals surface area (Å²) in [5, 5.41) is 0. The van der Waals surface area contributed by atoms with Gasteiger partial charge in [0, 0.05) is 0 Å². The molecule has 0 aliphatic carbocycles. The zero-order valence-electron chi connectivity index (χ0n) is 22.5. The van der Waals surface area contributed by atoms with Crippen LogP contribution in [0.1, 0.15) is 62.3 Å². The van der Waals surface area contributed by atoms with E-state index < -0.39 is 56.9 Å². The van der Waals surface area contributed by atoms with Gasteiger partial charge >= 0.3 is 213 Å². The normalized spacial score (nSPS) is 13.6. The fourth-order valence-electron chi connectivity index (χ4n) is 2.16. The third-order valence-electron chi connectivity index (χ3n) is 4.24. The summed E-state index contributed by atoms with van der Waals surface area (Å²) in [6.07, 6.45) is 3.70. The summed E-state index contributed by atoms with van der Waals surface area (Å²) in [6.45, 7) is 16.7. The van der Waals surface area contributed by atoms with Crippen LogP contribution in [-0.2, 0) is 37.2 Å². The molecular formula is C24H39InO9. The minimum absolute atomic E-state index is 0.290. The first-order chi connectivity index (χ1) is 15.3. The second-order valence-electron chi connectivity index (χ2n) is 10.5. The molecule has 0 aliphatic heterocycles. The molecule has 0 unspecified atom stereocenters. The van der Waals surface area contributed by atoms with Gasteiger partial charge in [0.1, 0.15) is 0 Å². The molecule has 0 aliphatic rings. The maximum atomic E-state index is 12.0. The van der Waals surface area contributed by atoms with Crippen molar-refractivity contribution in [3.8, 4) is 0 Å². The van der Waals surface area contributed by atoms with Gasteiger partial charge in [-0.1, -0.05) is 0 Å². The average Bonchev–Trinajstić information content (AvgIpc) is 2.69. The molecule has 0 heterocycles. The fourth-order valence-corrected chi connectivity index (χ4v) is 7.96. The number of hydrogen-bond acceptors (Lipinski definition) is 9. The first-order valence-electron chi connectivity index (χ1n) is 10.8. The molecule has 0 radical (unpaired) electrons. The van der Waals surface area contributed by atoms with Crippen molar-refractivity contribution >= 4 is 40.7 Å². The Morgan fingerprint density at radius 2 is 0.706 bits per heavy atom. The van der Waals surface area contributed by atoms with E-state index in [-0.39, 0.29) is 17.3 Å². The van der Waals surface area contributed by atoms with Crippen LogP contribution in [0.15, 0.2) is 35.5 Å². The van der Waals surface area contributed by atoms with Crippen LogP contribution in [0.5, 0.6) is 0 Å². The van der Waals surface area contributed by atoms with E-state index in [1.54, 1.807) is 0 Å². The Bertz CT molecular complexity index is 709. The zero-order chi connectivity index (χ0) is 26.9. The van der Waals surface area contributed by atoms with Crippen LogP contribution >= 0.6 is 0 Å². The number of ether oxygens (including phenoxy) is 3. The Morgan fingerprint density at radius 3 is 0.853 bits per heavy atom. The monoisotopic (exact) mass is 586 g/mol. The van der Waals surface area contributed by atoms with E-state index in [0.717, 1.165) is 0 Å². The van der Waals surface area contributed by atoms with Gasteiger partial charge in [0.15, 0.2) is 0 Å². The van der Waals surface area contributed by atoms with Gasteiger partial charge in [0.2, 0.25) is 0 Å². The van der Waals surface area contributed by atoms with Crippen LogP contribution < -0.4 is 0 Å². The standard InChI is InChI=1S/3C8H14O3.In/c3*1-8(2,3)6(9)5-7(10)11-4;/h3*5,9H,1-4H3;/q;;;+3/p-3. The topological polar surface area (TPSA) is 107 Å². The third-order valence-corrected chi connectivity index (χ3v) is 8.06. The summed E-state index contributed by atoms with van der Waals surface area (Å²) in [5.74, 6) is -0.930. The molecule has 0 aromatic heterocycles. The number of allylic oxidation sites excluding steroid dienone is 3. The first kappa shape index (κ1) is 31.9. The number of esters is 3. The van der Waals surface area contributed by atoms with Gasteiger partial charge in [-0.15, -0.1) is 0 Å². The SMILES string of the molecule is COC(=O)C=C([O][In]([O]C(=CC(=O)OC)C(C)(C)C)[O]C(=CC(=O)OC)C(C)(C)C)C(C)(C)C. The summed E-state index contributed by atoms with van der Waals surface area (Å²) in [7, 11) is 3.79. The number of carbonyl (C=O) groups is 3. The minimum atomic E-state index is -4.15. The molecule has 192 valence electrons. The second-order valence-corrected chi connectivity index (χ2v) is 14.2. The number of methoxy groups -OCH3 is 3. The Kier molecular flexibility index (Phi) is 12.3. The quantitative estimate of drug-likeness (QED) is 0.169. The van der Waals surface area contributed by atoms with Gasteiger partial charge in [-0.2, -0.15) is 0 Å². The third kappa shape index (κ3) is 11.9. The molecule has 0 aromatic carbocycles. The summed E-state index contributed by atoms with van der Waals surface area (Å²) >= 11 is -4.15. The van der Waals surface area contributed by atoms with E-state index in [1.165, 1.54) is 39.6 Å². The molecule has 0 fully saturated rings. The molecule has 0 aromatic rings.